The second kappa shape index (κ2) is 5.31. The van der Waals surface area contributed by atoms with Gasteiger partial charge < -0.3 is 0 Å². The SMILES string of the molecule is CCc1nn(Cc2ccncc2)c(=O)c2cc3sc(C)cc3n12. The van der Waals surface area contributed by atoms with Crippen LogP contribution in [0.5, 0.6) is 0 Å². The Morgan fingerprint density at radius 1 is 1.17 bits per heavy atom. The van der Waals surface area contributed by atoms with E-state index in [4.69, 9.17) is 0 Å². The first-order chi connectivity index (χ1) is 11.2. The number of fused-ring (bicyclic) bond motifs is 3. The van der Waals surface area contributed by atoms with E-state index in [2.05, 4.69) is 30.0 Å². The van der Waals surface area contributed by atoms with Crippen LogP contribution in [0.2, 0.25) is 0 Å². The summed E-state index contributed by atoms with van der Waals surface area (Å²) in [6.07, 6.45) is 4.23. The topological polar surface area (TPSA) is 52.2 Å². The lowest BCUT2D eigenvalue weighted by Crippen LogP contribution is -2.27. The highest BCUT2D eigenvalue weighted by molar-refractivity contribution is 7.19. The summed E-state index contributed by atoms with van der Waals surface area (Å²) >= 11 is 1.71. The van der Waals surface area contributed by atoms with Crippen LogP contribution in [0.4, 0.5) is 0 Å². The van der Waals surface area contributed by atoms with Gasteiger partial charge in [-0.3, -0.25) is 14.2 Å². The van der Waals surface area contributed by atoms with Gasteiger partial charge in [-0.1, -0.05) is 6.92 Å². The highest BCUT2D eigenvalue weighted by atomic mass is 32.1. The molecule has 0 aliphatic rings. The molecule has 5 nitrogen and oxygen atoms in total. The molecular formula is C17H16N4OS. The number of pyridine rings is 1. The number of thiophene rings is 1. The van der Waals surface area contributed by atoms with Crippen LogP contribution in [0.1, 0.15) is 23.2 Å². The quantitative estimate of drug-likeness (QED) is 0.582. The van der Waals surface area contributed by atoms with Crippen molar-refractivity contribution < 1.29 is 0 Å². The maximum atomic E-state index is 12.8. The molecule has 4 rings (SSSR count). The Kier molecular flexibility index (Phi) is 3.27. The van der Waals surface area contributed by atoms with Crippen molar-refractivity contribution in [1.82, 2.24) is 19.2 Å². The number of nitrogens with zero attached hydrogens (tertiary/aromatic N) is 4. The fraction of sp³-hybridized carbons (Fsp3) is 0.235. The van der Waals surface area contributed by atoms with Crippen molar-refractivity contribution in [2.24, 2.45) is 0 Å². The van der Waals surface area contributed by atoms with Crippen LogP contribution < -0.4 is 5.56 Å². The van der Waals surface area contributed by atoms with Gasteiger partial charge in [-0.05, 0) is 36.8 Å². The third-order valence-corrected chi connectivity index (χ3v) is 4.95. The summed E-state index contributed by atoms with van der Waals surface area (Å²) in [7, 11) is 0. The van der Waals surface area contributed by atoms with Crippen molar-refractivity contribution >= 4 is 27.1 Å². The molecule has 4 heterocycles. The zero-order valence-electron chi connectivity index (χ0n) is 13.0. The summed E-state index contributed by atoms with van der Waals surface area (Å²) in [6, 6.07) is 7.92. The van der Waals surface area contributed by atoms with Gasteiger partial charge >= 0.3 is 0 Å². The van der Waals surface area contributed by atoms with Crippen LogP contribution in [-0.2, 0) is 13.0 Å². The third kappa shape index (κ3) is 2.26. The predicted molar refractivity (Wildman–Crippen MR) is 92.3 cm³/mol. The molecule has 23 heavy (non-hydrogen) atoms. The minimum atomic E-state index is -0.0555. The van der Waals surface area contributed by atoms with Gasteiger partial charge in [0.1, 0.15) is 11.3 Å². The van der Waals surface area contributed by atoms with Gasteiger partial charge in [0.15, 0.2) is 0 Å². The van der Waals surface area contributed by atoms with Gasteiger partial charge in [0.05, 0.1) is 16.8 Å². The minimum Gasteiger partial charge on any atom is -0.290 e. The van der Waals surface area contributed by atoms with E-state index in [-0.39, 0.29) is 5.56 Å². The molecule has 0 radical (unpaired) electrons. The fourth-order valence-electron chi connectivity index (χ4n) is 2.91. The van der Waals surface area contributed by atoms with Crippen molar-refractivity contribution in [3.05, 3.63) is 63.3 Å². The number of rotatable bonds is 3. The third-order valence-electron chi connectivity index (χ3n) is 3.96. The highest BCUT2D eigenvalue weighted by Crippen LogP contribution is 2.28. The molecule has 0 unspecified atom stereocenters. The smallest absolute Gasteiger partial charge is 0.290 e. The molecule has 0 amide bonds. The molecule has 0 atom stereocenters. The van der Waals surface area contributed by atoms with Crippen molar-refractivity contribution in [1.29, 1.82) is 0 Å². The molecule has 0 saturated heterocycles. The predicted octanol–water partition coefficient (Wildman–Crippen LogP) is 3.02. The molecule has 4 aromatic heterocycles. The molecule has 0 aliphatic carbocycles. The van der Waals surface area contributed by atoms with E-state index < -0.39 is 0 Å². The molecule has 6 heteroatoms. The van der Waals surface area contributed by atoms with Gasteiger partial charge in [0, 0.05) is 23.7 Å². The van der Waals surface area contributed by atoms with Crippen LogP contribution in [0.3, 0.4) is 0 Å². The zero-order valence-corrected chi connectivity index (χ0v) is 13.8. The van der Waals surface area contributed by atoms with E-state index in [1.54, 1.807) is 28.4 Å². The lowest BCUT2D eigenvalue weighted by atomic mass is 10.3. The van der Waals surface area contributed by atoms with Crippen molar-refractivity contribution in [2.75, 3.05) is 0 Å². The van der Waals surface area contributed by atoms with Crippen molar-refractivity contribution in [2.45, 2.75) is 26.8 Å². The molecule has 116 valence electrons. The summed E-state index contributed by atoms with van der Waals surface area (Å²) in [6.45, 7) is 4.61. The minimum absolute atomic E-state index is 0.0555. The first kappa shape index (κ1) is 14.1. The monoisotopic (exact) mass is 324 g/mol. The Labute approximate surface area is 136 Å². The molecule has 0 aromatic carbocycles. The Hall–Kier alpha value is -2.47. The maximum absolute atomic E-state index is 12.8. The standard InChI is InChI=1S/C17H16N4OS/c1-3-16-19-20(10-12-4-6-18-7-5-12)17(22)14-9-15-13(21(14)16)8-11(2)23-15/h4-9H,3,10H2,1-2H3. The van der Waals surface area contributed by atoms with E-state index in [1.165, 1.54) is 4.88 Å². The van der Waals surface area contributed by atoms with E-state index in [0.29, 0.717) is 12.1 Å². The Morgan fingerprint density at radius 3 is 2.70 bits per heavy atom. The lowest BCUT2D eigenvalue weighted by Gasteiger charge is -2.09. The summed E-state index contributed by atoms with van der Waals surface area (Å²) in [5.74, 6) is 0.904. The molecule has 0 fully saturated rings. The van der Waals surface area contributed by atoms with Gasteiger partial charge in [-0.15, -0.1) is 11.3 Å². The van der Waals surface area contributed by atoms with Crippen LogP contribution in [-0.4, -0.2) is 19.2 Å². The number of aromatic nitrogens is 4. The fourth-order valence-corrected chi connectivity index (χ4v) is 3.85. The molecule has 0 spiro atoms. The van der Waals surface area contributed by atoms with E-state index in [1.807, 2.05) is 22.6 Å². The van der Waals surface area contributed by atoms with E-state index in [0.717, 1.165) is 28.0 Å². The number of hydrogen-bond donors (Lipinski definition) is 0. The Morgan fingerprint density at radius 2 is 1.96 bits per heavy atom. The summed E-state index contributed by atoms with van der Waals surface area (Å²) in [5.41, 5.74) is 2.75. The molecule has 0 saturated carbocycles. The van der Waals surface area contributed by atoms with E-state index in [9.17, 15) is 4.79 Å². The second-order valence-corrected chi connectivity index (χ2v) is 6.85. The number of hydrogen-bond acceptors (Lipinski definition) is 4. The largest absolute Gasteiger partial charge is 0.291 e. The van der Waals surface area contributed by atoms with E-state index >= 15 is 0 Å². The molecule has 4 aromatic rings. The van der Waals surface area contributed by atoms with Crippen LogP contribution in [0, 0.1) is 6.92 Å². The molecule has 0 N–H and O–H groups in total. The average Bonchev–Trinajstić information content (AvgIpc) is 3.07. The van der Waals surface area contributed by atoms with Crippen LogP contribution in [0.15, 0.2) is 41.5 Å². The molecule has 0 bridgehead atoms. The van der Waals surface area contributed by atoms with Gasteiger partial charge in [0.2, 0.25) is 0 Å². The van der Waals surface area contributed by atoms with Gasteiger partial charge in [0.25, 0.3) is 5.56 Å². The molecule has 0 aliphatic heterocycles. The van der Waals surface area contributed by atoms with Crippen LogP contribution >= 0.6 is 11.3 Å². The number of aryl methyl sites for hydroxylation is 2. The Bertz CT molecular complexity index is 1060. The summed E-state index contributed by atoms with van der Waals surface area (Å²) in [5, 5.41) is 4.60. The second-order valence-electron chi connectivity index (χ2n) is 5.56. The maximum Gasteiger partial charge on any atom is 0.291 e. The van der Waals surface area contributed by atoms with Gasteiger partial charge in [-0.2, -0.15) is 5.10 Å². The summed E-state index contributed by atoms with van der Waals surface area (Å²) in [4.78, 5) is 18.1. The average molecular weight is 324 g/mol. The van der Waals surface area contributed by atoms with Crippen molar-refractivity contribution in [3.8, 4) is 0 Å². The highest BCUT2D eigenvalue weighted by Gasteiger charge is 2.15. The summed E-state index contributed by atoms with van der Waals surface area (Å²) < 4.78 is 4.70. The first-order valence-electron chi connectivity index (χ1n) is 7.58. The normalized spacial score (nSPS) is 11.6. The molecular weight excluding hydrogens is 308 g/mol. The zero-order chi connectivity index (χ0) is 16.0. The Balaban J connectivity index is 1.96. The van der Waals surface area contributed by atoms with Gasteiger partial charge in [-0.25, -0.2) is 4.68 Å². The van der Waals surface area contributed by atoms with Crippen LogP contribution in [0.25, 0.3) is 15.7 Å². The first-order valence-corrected chi connectivity index (χ1v) is 8.39. The van der Waals surface area contributed by atoms with Crippen molar-refractivity contribution in [3.63, 3.8) is 0 Å². The lowest BCUT2D eigenvalue weighted by molar-refractivity contribution is 0.604.